The van der Waals surface area contributed by atoms with Crippen molar-refractivity contribution < 1.29 is 19.4 Å². The van der Waals surface area contributed by atoms with Gasteiger partial charge in [-0.2, -0.15) is 0 Å². The zero-order valence-corrected chi connectivity index (χ0v) is 6.61. The molecule has 0 aromatic carbocycles. The Labute approximate surface area is 73.4 Å². The number of hydrogen-bond acceptors (Lipinski definition) is 4. The van der Waals surface area contributed by atoms with Crippen molar-refractivity contribution in [1.82, 2.24) is 5.32 Å². The summed E-state index contributed by atoms with van der Waals surface area (Å²) in [6, 6.07) is 0. The summed E-state index contributed by atoms with van der Waals surface area (Å²) in [6.07, 6.45) is -0.811. The first-order valence-electron chi connectivity index (χ1n) is 4.11. The van der Waals surface area contributed by atoms with Crippen LogP contribution in [0.2, 0.25) is 0 Å². The second-order valence-electron chi connectivity index (χ2n) is 3.49. The van der Waals surface area contributed by atoms with Gasteiger partial charge in [-0.25, -0.2) is 0 Å². The van der Waals surface area contributed by atoms with Crippen molar-refractivity contribution in [1.29, 1.82) is 0 Å². The molecule has 2 fully saturated rings. The molecule has 3 aliphatic heterocycles. The molecule has 5 nitrogen and oxygen atoms in total. The average molecular weight is 181 g/mol. The molecule has 2 saturated heterocycles. The predicted molar refractivity (Wildman–Crippen MR) is 39.2 cm³/mol. The number of aliphatic hydroxyl groups is 1. The van der Waals surface area contributed by atoms with Crippen LogP contribution < -0.4 is 5.32 Å². The smallest absolute Gasteiger partial charge is 0.258 e. The predicted octanol–water partition coefficient (Wildman–Crippen LogP) is -1.32. The number of amides is 2. The van der Waals surface area contributed by atoms with Gasteiger partial charge in [-0.15, -0.1) is 0 Å². The Hall–Kier alpha value is -1.36. The van der Waals surface area contributed by atoms with E-state index in [4.69, 9.17) is 4.74 Å². The zero-order valence-electron chi connectivity index (χ0n) is 6.61. The number of ether oxygens (including phenoxy) is 1. The highest BCUT2D eigenvalue weighted by Crippen LogP contribution is 2.44. The minimum atomic E-state index is -0.639. The lowest BCUT2D eigenvalue weighted by atomic mass is 9.87. The number of carbonyl (C=O) groups is 2. The molecule has 13 heavy (non-hydrogen) atoms. The maximum Gasteiger partial charge on any atom is 0.258 e. The van der Waals surface area contributed by atoms with Gasteiger partial charge in [-0.05, 0) is 0 Å². The van der Waals surface area contributed by atoms with E-state index in [-0.39, 0.29) is 11.8 Å². The Kier molecular flexibility index (Phi) is 1.05. The third-order valence-electron chi connectivity index (χ3n) is 2.76. The van der Waals surface area contributed by atoms with Crippen LogP contribution >= 0.6 is 0 Å². The van der Waals surface area contributed by atoms with Crippen LogP contribution in [-0.4, -0.2) is 29.1 Å². The quantitative estimate of drug-likeness (QED) is 0.454. The lowest BCUT2D eigenvalue weighted by molar-refractivity contribution is -0.128. The number of carbonyl (C=O) groups excluding carboxylic acids is 2. The molecule has 0 spiro atoms. The minimum absolute atomic E-state index is 0.348. The fraction of sp³-hybridized carbons (Fsp3) is 0.500. The zero-order chi connectivity index (χ0) is 9.16. The fourth-order valence-electron chi connectivity index (χ4n) is 2.20. The molecule has 0 aromatic heterocycles. The third kappa shape index (κ3) is 0.662. The first-order chi connectivity index (χ1) is 6.18. The van der Waals surface area contributed by atoms with Crippen LogP contribution in [0.5, 0.6) is 0 Å². The van der Waals surface area contributed by atoms with Gasteiger partial charge in [0.25, 0.3) is 5.91 Å². The Morgan fingerprint density at radius 1 is 1.46 bits per heavy atom. The van der Waals surface area contributed by atoms with E-state index in [9.17, 15) is 14.7 Å². The molecule has 2 amide bonds. The average Bonchev–Trinajstić information content (AvgIpc) is 2.64. The molecule has 3 rings (SSSR count). The van der Waals surface area contributed by atoms with E-state index in [1.807, 2.05) is 0 Å². The van der Waals surface area contributed by atoms with E-state index in [0.29, 0.717) is 17.8 Å². The summed E-state index contributed by atoms with van der Waals surface area (Å²) >= 11 is 0. The first kappa shape index (κ1) is 7.08. The Balaban J connectivity index is 2.15. The number of nitrogens with one attached hydrogen (secondary N) is 1. The maximum absolute atomic E-state index is 11.2. The van der Waals surface area contributed by atoms with Crippen molar-refractivity contribution in [2.45, 2.75) is 18.6 Å². The molecule has 3 unspecified atom stereocenters. The highest BCUT2D eigenvalue weighted by atomic mass is 16.5. The Bertz CT molecular complexity index is 359. The van der Waals surface area contributed by atoms with Crippen molar-refractivity contribution >= 4 is 11.8 Å². The topological polar surface area (TPSA) is 75.6 Å². The summed E-state index contributed by atoms with van der Waals surface area (Å²) in [5.74, 6) is -0.782. The van der Waals surface area contributed by atoms with E-state index in [0.717, 1.165) is 0 Å². The second-order valence-corrected chi connectivity index (χ2v) is 3.49. The van der Waals surface area contributed by atoms with Crippen molar-refractivity contribution in [2.75, 3.05) is 0 Å². The maximum atomic E-state index is 11.2. The van der Waals surface area contributed by atoms with Crippen LogP contribution in [0.4, 0.5) is 0 Å². The molecular weight excluding hydrogens is 174 g/mol. The van der Waals surface area contributed by atoms with E-state index < -0.39 is 18.1 Å². The van der Waals surface area contributed by atoms with Gasteiger partial charge < -0.3 is 9.84 Å². The van der Waals surface area contributed by atoms with Gasteiger partial charge in [0.2, 0.25) is 5.91 Å². The van der Waals surface area contributed by atoms with E-state index in [1.165, 1.54) is 0 Å². The standard InChI is InChI=1S/C8H7NO4/c10-2-1-3-4-5(6(2)13-3)8(12)9-7(4)11/h2,5-6,10H,1H2,(H,9,11,12). The summed E-state index contributed by atoms with van der Waals surface area (Å²) in [6.45, 7) is 0. The van der Waals surface area contributed by atoms with Gasteiger partial charge in [0.1, 0.15) is 17.8 Å². The van der Waals surface area contributed by atoms with Crippen LogP contribution in [0.25, 0.3) is 0 Å². The second kappa shape index (κ2) is 1.93. The van der Waals surface area contributed by atoms with Gasteiger partial charge in [-0.1, -0.05) is 0 Å². The SMILES string of the molecule is O=C1NC(=O)C2C1=C1CC(O)C2O1. The summed E-state index contributed by atoms with van der Waals surface area (Å²) in [4.78, 5) is 22.5. The van der Waals surface area contributed by atoms with E-state index >= 15 is 0 Å². The van der Waals surface area contributed by atoms with Crippen LogP contribution in [0.3, 0.4) is 0 Å². The van der Waals surface area contributed by atoms with Crippen LogP contribution in [0.15, 0.2) is 11.3 Å². The number of rotatable bonds is 0. The Morgan fingerprint density at radius 3 is 3.00 bits per heavy atom. The lowest BCUT2D eigenvalue weighted by Crippen LogP contribution is -2.34. The monoisotopic (exact) mass is 181 g/mol. The first-order valence-corrected chi connectivity index (χ1v) is 4.11. The molecular formula is C8H7NO4. The largest absolute Gasteiger partial charge is 0.490 e. The van der Waals surface area contributed by atoms with Gasteiger partial charge in [0.15, 0.2) is 0 Å². The molecule has 2 bridgehead atoms. The summed E-state index contributed by atoms with van der Waals surface area (Å²) < 4.78 is 5.24. The molecule has 3 atom stereocenters. The van der Waals surface area contributed by atoms with Crippen molar-refractivity contribution in [3.63, 3.8) is 0 Å². The van der Waals surface area contributed by atoms with Crippen LogP contribution in [0.1, 0.15) is 6.42 Å². The van der Waals surface area contributed by atoms with Crippen molar-refractivity contribution in [3.8, 4) is 0 Å². The lowest BCUT2D eigenvalue weighted by Gasteiger charge is -2.15. The van der Waals surface area contributed by atoms with Gasteiger partial charge in [0.05, 0.1) is 11.7 Å². The van der Waals surface area contributed by atoms with E-state index in [2.05, 4.69) is 5.32 Å². The van der Waals surface area contributed by atoms with Crippen LogP contribution in [-0.2, 0) is 14.3 Å². The number of imide groups is 1. The molecule has 5 heteroatoms. The molecule has 68 valence electrons. The normalized spacial score (nSPS) is 40.8. The summed E-state index contributed by atoms with van der Waals surface area (Å²) in [7, 11) is 0. The molecule has 0 aromatic rings. The van der Waals surface area contributed by atoms with Crippen molar-refractivity contribution in [2.24, 2.45) is 5.92 Å². The Morgan fingerprint density at radius 2 is 2.23 bits per heavy atom. The fourth-order valence-corrected chi connectivity index (χ4v) is 2.20. The van der Waals surface area contributed by atoms with Gasteiger partial charge in [-0.3, -0.25) is 14.9 Å². The summed E-state index contributed by atoms with van der Waals surface area (Å²) in [5.41, 5.74) is 0.431. The van der Waals surface area contributed by atoms with Crippen LogP contribution in [0, 0.1) is 5.92 Å². The molecule has 0 aliphatic carbocycles. The van der Waals surface area contributed by atoms with Gasteiger partial charge in [0, 0.05) is 6.42 Å². The number of hydrogen-bond donors (Lipinski definition) is 2. The van der Waals surface area contributed by atoms with E-state index in [1.54, 1.807) is 0 Å². The molecule has 3 heterocycles. The third-order valence-corrected chi connectivity index (χ3v) is 2.76. The number of fused-ring (bicyclic) bond motifs is 4. The number of aliphatic hydroxyl groups excluding tert-OH is 1. The van der Waals surface area contributed by atoms with Gasteiger partial charge >= 0.3 is 0 Å². The molecule has 0 saturated carbocycles. The highest BCUT2D eigenvalue weighted by Gasteiger charge is 2.56. The summed E-state index contributed by atoms with van der Waals surface area (Å²) in [5, 5.41) is 11.6. The molecule has 3 aliphatic rings. The minimum Gasteiger partial charge on any atom is -0.490 e. The highest BCUT2D eigenvalue weighted by molar-refractivity contribution is 6.16. The van der Waals surface area contributed by atoms with Crippen molar-refractivity contribution in [3.05, 3.63) is 11.3 Å². The molecule has 0 radical (unpaired) electrons. The molecule has 2 N–H and O–H groups in total.